The molecule has 0 spiro atoms. The van der Waals surface area contributed by atoms with Gasteiger partial charge in [0.05, 0.1) is 17.1 Å². The molecule has 0 radical (unpaired) electrons. The second-order valence-corrected chi connectivity index (χ2v) is 10.6. The summed E-state index contributed by atoms with van der Waals surface area (Å²) < 4.78 is 32.5. The van der Waals surface area contributed by atoms with Crippen LogP contribution in [-0.2, 0) is 26.0 Å². The molecule has 2 heterocycles. The molecule has 1 saturated heterocycles. The van der Waals surface area contributed by atoms with Gasteiger partial charge >= 0.3 is 5.97 Å². The lowest BCUT2D eigenvalue weighted by Gasteiger charge is -2.36. The average Bonchev–Trinajstić information content (AvgIpc) is 2.83. The minimum Gasteiger partial charge on any atom is -0.462 e. The van der Waals surface area contributed by atoms with Gasteiger partial charge in [0.1, 0.15) is 0 Å². The lowest BCUT2D eigenvalue weighted by atomic mass is 9.93. The second-order valence-electron chi connectivity index (χ2n) is 8.65. The number of carbonyl (C=O) groups is 2. The van der Waals surface area contributed by atoms with Crippen molar-refractivity contribution in [1.82, 2.24) is 4.31 Å². The van der Waals surface area contributed by atoms with E-state index in [4.69, 9.17) is 4.74 Å². The summed E-state index contributed by atoms with van der Waals surface area (Å²) in [5, 5.41) is 0. The molecular weight excluding hydrogens is 440 g/mol. The van der Waals surface area contributed by atoms with Crippen molar-refractivity contribution in [3.05, 3.63) is 59.2 Å². The van der Waals surface area contributed by atoms with Gasteiger partial charge in [0.2, 0.25) is 15.9 Å². The molecule has 2 aromatic carbocycles. The van der Waals surface area contributed by atoms with E-state index in [9.17, 15) is 18.0 Å². The summed E-state index contributed by atoms with van der Waals surface area (Å²) in [6, 6.07) is 12.0. The molecule has 8 heteroatoms. The van der Waals surface area contributed by atoms with Gasteiger partial charge in [-0.15, -0.1) is 0 Å². The van der Waals surface area contributed by atoms with Crippen molar-refractivity contribution >= 4 is 27.6 Å². The number of rotatable bonds is 5. The van der Waals surface area contributed by atoms with Crippen molar-refractivity contribution in [3.8, 4) is 0 Å². The average molecular weight is 471 g/mol. The van der Waals surface area contributed by atoms with Crippen LogP contribution in [0, 0.1) is 12.8 Å². The number of aryl methyl sites for hydroxylation is 2. The summed E-state index contributed by atoms with van der Waals surface area (Å²) in [7, 11) is -3.69. The molecule has 0 unspecified atom stereocenters. The minimum absolute atomic E-state index is 0.0932. The fourth-order valence-electron chi connectivity index (χ4n) is 4.64. The highest BCUT2D eigenvalue weighted by atomic mass is 32.2. The topological polar surface area (TPSA) is 84.0 Å². The molecule has 0 N–H and O–H groups in total. The monoisotopic (exact) mass is 470 g/mol. The Morgan fingerprint density at radius 1 is 1.03 bits per heavy atom. The Morgan fingerprint density at radius 3 is 2.39 bits per heavy atom. The Morgan fingerprint density at radius 2 is 1.73 bits per heavy atom. The molecule has 2 aromatic rings. The van der Waals surface area contributed by atoms with E-state index in [1.165, 1.54) is 39.7 Å². The molecule has 33 heavy (non-hydrogen) atoms. The third-order valence-corrected chi connectivity index (χ3v) is 8.34. The molecule has 2 aliphatic rings. The maximum absolute atomic E-state index is 13.3. The van der Waals surface area contributed by atoms with Crippen LogP contribution in [0.1, 0.15) is 47.7 Å². The van der Waals surface area contributed by atoms with Gasteiger partial charge in [-0.2, -0.15) is 4.31 Å². The molecule has 7 nitrogen and oxygen atoms in total. The summed E-state index contributed by atoms with van der Waals surface area (Å²) in [6.07, 6.45) is 2.91. The van der Waals surface area contributed by atoms with Crippen LogP contribution in [0.15, 0.2) is 47.4 Å². The minimum atomic E-state index is -3.69. The number of fused-ring (bicyclic) bond motifs is 1. The number of esters is 1. The number of nitrogens with zero attached hydrogens (tertiary/aromatic N) is 2. The van der Waals surface area contributed by atoms with Crippen molar-refractivity contribution in [2.75, 3.05) is 31.1 Å². The third-order valence-electron chi connectivity index (χ3n) is 6.43. The summed E-state index contributed by atoms with van der Waals surface area (Å²) in [5.74, 6) is -0.569. The van der Waals surface area contributed by atoms with E-state index in [1.54, 1.807) is 6.92 Å². The van der Waals surface area contributed by atoms with Gasteiger partial charge in [-0.3, -0.25) is 4.79 Å². The maximum atomic E-state index is 13.3. The predicted octanol–water partition coefficient (Wildman–Crippen LogP) is 3.55. The van der Waals surface area contributed by atoms with Crippen LogP contribution in [0.5, 0.6) is 0 Å². The molecule has 1 fully saturated rings. The van der Waals surface area contributed by atoms with Gasteiger partial charge < -0.3 is 9.64 Å². The van der Waals surface area contributed by atoms with Gasteiger partial charge in [-0.25, -0.2) is 13.2 Å². The summed E-state index contributed by atoms with van der Waals surface area (Å²) in [5.41, 5.74) is 3.71. The van der Waals surface area contributed by atoms with Gasteiger partial charge in [0, 0.05) is 31.2 Å². The quantitative estimate of drug-likeness (QED) is 0.624. The van der Waals surface area contributed by atoms with Gasteiger partial charge in [-0.1, -0.05) is 17.7 Å². The summed E-state index contributed by atoms with van der Waals surface area (Å²) in [4.78, 5) is 27.1. The highest BCUT2D eigenvalue weighted by molar-refractivity contribution is 7.89. The van der Waals surface area contributed by atoms with Gasteiger partial charge in [0.15, 0.2) is 0 Å². The Kier molecular flexibility index (Phi) is 6.86. The van der Waals surface area contributed by atoms with E-state index in [0.29, 0.717) is 38.0 Å². The standard InChI is InChI=1S/C25H30N2O5S/c1-3-32-25(29)20-7-9-22(10-8-20)33(30,31)26-15-12-19(13-16-26)24(28)27-14-4-5-21-17-18(2)6-11-23(21)27/h6-11,17,19H,3-5,12-16H2,1-2H3. The molecule has 0 atom stereocenters. The highest BCUT2D eigenvalue weighted by Gasteiger charge is 2.35. The molecule has 0 saturated carbocycles. The van der Waals surface area contributed by atoms with Gasteiger partial charge in [-0.05, 0) is 75.4 Å². The first-order valence-electron chi connectivity index (χ1n) is 11.5. The number of hydrogen-bond acceptors (Lipinski definition) is 5. The van der Waals surface area contributed by atoms with Crippen LogP contribution in [0.2, 0.25) is 0 Å². The lowest BCUT2D eigenvalue weighted by molar-refractivity contribution is -0.123. The largest absolute Gasteiger partial charge is 0.462 e. The number of piperidine rings is 1. The zero-order valence-electron chi connectivity index (χ0n) is 19.1. The maximum Gasteiger partial charge on any atom is 0.338 e. The van der Waals surface area contributed by atoms with Gasteiger partial charge in [0.25, 0.3) is 0 Å². The first kappa shape index (κ1) is 23.4. The van der Waals surface area contributed by atoms with Crippen molar-refractivity contribution in [3.63, 3.8) is 0 Å². The zero-order valence-corrected chi connectivity index (χ0v) is 19.9. The van der Waals surface area contributed by atoms with E-state index in [0.717, 1.165) is 18.5 Å². The number of hydrogen-bond donors (Lipinski definition) is 0. The van der Waals surface area contributed by atoms with E-state index < -0.39 is 16.0 Å². The van der Waals surface area contributed by atoms with Crippen LogP contribution in [-0.4, -0.2) is 50.8 Å². The van der Waals surface area contributed by atoms with Crippen LogP contribution in [0.4, 0.5) is 5.69 Å². The Balaban J connectivity index is 1.41. The van der Waals surface area contributed by atoms with Crippen LogP contribution in [0.25, 0.3) is 0 Å². The third kappa shape index (κ3) is 4.82. The number of ether oxygens (including phenoxy) is 1. The molecular formula is C25H30N2O5S. The van der Waals surface area contributed by atoms with Crippen LogP contribution in [0.3, 0.4) is 0 Å². The second kappa shape index (κ2) is 9.65. The highest BCUT2D eigenvalue weighted by Crippen LogP contribution is 2.32. The number of benzene rings is 2. The number of anilines is 1. The Labute approximate surface area is 195 Å². The lowest BCUT2D eigenvalue weighted by Crippen LogP contribution is -2.45. The molecule has 4 rings (SSSR count). The number of carbonyl (C=O) groups excluding carboxylic acids is 2. The fourth-order valence-corrected chi connectivity index (χ4v) is 6.11. The van der Waals surface area contributed by atoms with Crippen LogP contribution < -0.4 is 4.90 Å². The van der Waals surface area contributed by atoms with E-state index in [-0.39, 0.29) is 23.3 Å². The first-order valence-corrected chi connectivity index (χ1v) is 12.9. The zero-order chi connectivity index (χ0) is 23.6. The molecule has 0 aliphatic carbocycles. The van der Waals surface area contributed by atoms with E-state index in [1.807, 2.05) is 17.0 Å². The molecule has 1 amide bonds. The molecule has 2 aliphatic heterocycles. The first-order chi connectivity index (χ1) is 15.8. The van der Waals surface area contributed by atoms with Crippen molar-refractivity contribution in [2.45, 2.75) is 44.4 Å². The number of sulfonamides is 1. The van der Waals surface area contributed by atoms with Crippen LogP contribution >= 0.6 is 0 Å². The van der Waals surface area contributed by atoms with E-state index in [2.05, 4.69) is 13.0 Å². The Bertz CT molecular complexity index is 1140. The summed E-state index contributed by atoms with van der Waals surface area (Å²) in [6.45, 7) is 5.34. The molecule has 0 aromatic heterocycles. The normalized spacial score (nSPS) is 17.5. The fraction of sp³-hybridized carbons (Fsp3) is 0.440. The SMILES string of the molecule is CCOC(=O)c1ccc(S(=O)(=O)N2CCC(C(=O)N3CCCc4cc(C)ccc43)CC2)cc1. The summed E-state index contributed by atoms with van der Waals surface area (Å²) >= 11 is 0. The molecule has 0 bridgehead atoms. The van der Waals surface area contributed by atoms with E-state index >= 15 is 0 Å². The van der Waals surface area contributed by atoms with Crippen molar-refractivity contribution in [1.29, 1.82) is 0 Å². The predicted molar refractivity (Wildman–Crippen MR) is 126 cm³/mol. The number of amides is 1. The Hall–Kier alpha value is -2.71. The molecule has 176 valence electrons. The smallest absolute Gasteiger partial charge is 0.338 e. The van der Waals surface area contributed by atoms with Crippen molar-refractivity contribution < 1.29 is 22.7 Å². The van der Waals surface area contributed by atoms with Crippen molar-refractivity contribution in [2.24, 2.45) is 5.92 Å².